The van der Waals surface area contributed by atoms with Gasteiger partial charge >= 0.3 is 0 Å². The van der Waals surface area contributed by atoms with Crippen LogP contribution >= 0.6 is 11.6 Å². The first-order valence-corrected chi connectivity index (χ1v) is 8.66. The highest BCUT2D eigenvalue weighted by atomic mass is 35.5. The summed E-state index contributed by atoms with van der Waals surface area (Å²) in [6, 6.07) is 7.63. The van der Waals surface area contributed by atoms with Gasteiger partial charge in [-0.3, -0.25) is 4.79 Å². The predicted molar refractivity (Wildman–Crippen MR) is 100 cm³/mol. The number of alkyl halides is 2. The van der Waals surface area contributed by atoms with Crippen molar-refractivity contribution < 1.29 is 18.0 Å². The zero-order chi connectivity index (χ0) is 19.2. The van der Waals surface area contributed by atoms with Crippen molar-refractivity contribution in [2.24, 2.45) is 0 Å². The Morgan fingerprint density at radius 1 is 1.21 bits per heavy atom. The van der Waals surface area contributed by atoms with E-state index in [1.165, 1.54) is 23.1 Å². The molecule has 0 unspecified atom stereocenters. The monoisotopic (exact) mass is 408 g/mol. The van der Waals surface area contributed by atoms with E-state index in [9.17, 15) is 13.6 Å². The standard InChI is InChI=1S/C18H15ClF2N4O2.CH4/c1-18(20,21)12-5-2-4-11(15(12)19)17(26)24-7-8-25-14(10-24)22-23-16(25)13-6-3-9-27-13;/h2-6,9H,7-8,10H2,1H3;1H4. The van der Waals surface area contributed by atoms with E-state index in [1.807, 2.05) is 4.57 Å². The van der Waals surface area contributed by atoms with Gasteiger partial charge in [0.25, 0.3) is 11.8 Å². The van der Waals surface area contributed by atoms with Gasteiger partial charge in [0.1, 0.15) is 0 Å². The normalized spacial score (nSPS) is 13.8. The fourth-order valence-corrected chi connectivity index (χ4v) is 3.50. The number of carbonyl (C=O) groups excluding carboxylic acids is 1. The molecule has 1 aliphatic heterocycles. The van der Waals surface area contributed by atoms with E-state index in [-0.39, 0.29) is 30.1 Å². The quantitative estimate of drug-likeness (QED) is 0.635. The molecule has 148 valence electrons. The van der Waals surface area contributed by atoms with E-state index in [4.69, 9.17) is 16.0 Å². The fourth-order valence-electron chi connectivity index (χ4n) is 3.13. The average Bonchev–Trinajstić information content (AvgIpc) is 3.29. The number of fused-ring (bicyclic) bond motifs is 1. The van der Waals surface area contributed by atoms with Crippen LogP contribution in [0.25, 0.3) is 11.6 Å². The molecule has 4 rings (SSSR count). The molecule has 28 heavy (non-hydrogen) atoms. The van der Waals surface area contributed by atoms with E-state index in [0.717, 1.165) is 6.92 Å². The molecule has 3 heterocycles. The molecule has 0 atom stereocenters. The van der Waals surface area contributed by atoms with Crippen molar-refractivity contribution in [2.75, 3.05) is 6.54 Å². The zero-order valence-corrected chi connectivity index (χ0v) is 15.1. The number of aromatic nitrogens is 3. The van der Waals surface area contributed by atoms with Gasteiger partial charge in [-0.25, -0.2) is 8.78 Å². The van der Waals surface area contributed by atoms with Gasteiger partial charge in [-0.05, 0) is 18.2 Å². The molecule has 0 spiro atoms. The molecule has 3 aromatic rings. The van der Waals surface area contributed by atoms with Crippen molar-refractivity contribution in [3.05, 3.63) is 58.6 Å². The topological polar surface area (TPSA) is 64.2 Å². The van der Waals surface area contributed by atoms with Crippen LogP contribution in [0.2, 0.25) is 5.02 Å². The Bertz CT molecular complexity index is 996. The Balaban J connectivity index is 0.00000225. The number of hydrogen-bond donors (Lipinski definition) is 0. The Labute approximate surface area is 165 Å². The predicted octanol–water partition coefficient (Wildman–Crippen LogP) is 4.60. The number of carbonyl (C=O) groups is 1. The first kappa shape index (κ1) is 20.0. The summed E-state index contributed by atoms with van der Waals surface area (Å²) in [6.07, 6.45) is 1.55. The SMILES string of the molecule is C.CC(F)(F)c1cccc(C(=O)N2CCn3c(nnc3-c3ccco3)C2)c1Cl. The summed E-state index contributed by atoms with van der Waals surface area (Å²) in [6.45, 7) is 1.80. The summed E-state index contributed by atoms with van der Waals surface area (Å²) < 4.78 is 34.6. The summed E-state index contributed by atoms with van der Waals surface area (Å²) in [5.41, 5.74) is -0.315. The minimum atomic E-state index is -3.13. The minimum Gasteiger partial charge on any atom is -0.461 e. The maximum absolute atomic E-state index is 13.7. The number of furan rings is 1. The number of rotatable bonds is 3. The van der Waals surface area contributed by atoms with Crippen LogP contribution in [0.4, 0.5) is 8.78 Å². The van der Waals surface area contributed by atoms with Crippen molar-refractivity contribution in [1.29, 1.82) is 0 Å². The van der Waals surface area contributed by atoms with E-state index in [1.54, 1.807) is 18.4 Å². The Morgan fingerprint density at radius 3 is 2.68 bits per heavy atom. The van der Waals surface area contributed by atoms with Gasteiger partial charge < -0.3 is 13.9 Å². The molecular formula is C19H19ClF2N4O2. The maximum atomic E-state index is 13.7. The molecule has 1 amide bonds. The lowest BCUT2D eigenvalue weighted by Crippen LogP contribution is -2.38. The summed E-state index contributed by atoms with van der Waals surface area (Å²) in [5, 5.41) is 8.03. The minimum absolute atomic E-state index is 0. The fraction of sp³-hybridized carbons (Fsp3) is 0.316. The van der Waals surface area contributed by atoms with Gasteiger partial charge in [-0.2, -0.15) is 0 Å². The van der Waals surface area contributed by atoms with Crippen LogP contribution in [0.1, 0.15) is 36.1 Å². The zero-order valence-electron chi connectivity index (χ0n) is 14.3. The van der Waals surface area contributed by atoms with Crippen LogP contribution < -0.4 is 0 Å². The van der Waals surface area contributed by atoms with Crippen molar-refractivity contribution in [2.45, 2.75) is 33.4 Å². The molecule has 2 aromatic heterocycles. The van der Waals surface area contributed by atoms with Gasteiger partial charge in [0.15, 0.2) is 17.4 Å². The molecule has 0 saturated heterocycles. The molecule has 0 aliphatic carbocycles. The highest BCUT2D eigenvalue weighted by Gasteiger charge is 2.32. The van der Waals surface area contributed by atoms with E-state index >= 15 is 0 Å². The molecular weight excluding hydrogens is 390 g/mol. The van der Waals surface area contributed by atoms with Gasteiger partial charge in [-0.15, -0.1) is 10.2 Å². The van der Waals surface area contributed by atoms with Gasteiger partial charge in [0.05, 0.1) is 23.4 Å². The number of nitrogens with zero attached hydrogens (tertiary/aromatic N) is 4. The Kier molecular flexibility index (Phi) is 5.25. The van der Waals surface area contributed by atoms with Crippen molar-refractivity contribution in [1.82, 2.24) is 19.7 Å². The molecule has 0 bridgehead atoms. The first-order chi connectivity index (χ1) is 12.9. The molecule has 0 radical (unpaired) electrons. The summed E-state index contributed by atoms with van der Waals surface area (Å²) in [7, 11) is 0. The van der Waals surface area contributed by atoms with E-state index < -0.39 is 11.8 Å². The van der Waals surface area contributed by atoms with Crippen LogP contribution in [-0.4, -0.2) is 32.1 Å². The third kappa shape index (κ3) is 3.40. The first-order valence-electron chi connectivity index (χ1n) is 8.28. The van der Waals surface area contributed by atoms with Crippen LogP contribution in [0.15, 0.2) is 41.0 Å². The van der Waals surface area contributed by atoms with E-state index in [2.05, 4.69) is 10.2 Å². The summed E-state index contributed by atoms with van der Waals surface area (Å²) in [5.74, 6) is -1.77. The number of benzene rings is 1. The molecule has 1 aliphatic rings. The summed E-state index contributed by atoms with van der Waals surface area (Å²) >= 11 is 6.11. The van der Waals surface area contributed by atoms with Crippen LogP contribution in [0.5, 0.6) is 0 Å². The van der Waals surface area contributed by atoms with E-state index in [0.29, 0.717) is 30.5 Å². The van der Waals surface area contributed by atoms with Crippen molar-refractivity contribution in [3.8, 4) is 11.6 Å². The molecule has 6 nitrogen and oxygen atoms in total. The van der Waals surface area contributed by atoms with Gasteiger partial charge in [0.2, 0.25) is 0 Å². The number of hydrogen-bond acceptors (Lipinski definition) is 4. The second-order valence-electron chi connectivity index (χ2n) is 6.35. The number of amides is 1. The van der Waals surface area contributed by atoms with Crippen LogP contribution in [-0.2, 0) is 19.0 Å². The Morgan fingerprint density at radius 2 is 2.00 bits per heavy atom. The van der Waals surface area contributed by atoms with Crippen LogP contribution in [0, 0.1) is 0 Å². The molecule has 0 N–H and O–H groups in total. The van der Waals surface area contributed by atoms with Gasteiger partial charge in [-0.1, -0.05) is 31.2 Å². The maximum Gasteiger partial charge on any atom is 0.271 e. The summed E-state index contributed by atoms with van der Waals surface area (Å²) in [4.78, 5) is 14.4. The second-order valence-corrected chi connectivity index (χ2v) is 6.73. The lowest BCUT2D eigenvalue weighted by atomic mass is 10.0. The smallest absolute Gasteiger partial charge is 0.271 e. The third-order valence-corrected chi connectivity index (χ3v) is 4.89. The lowest BCUT2D eigenvalue weighted by molar-refractivity contribution is 0.0175. The van der Waals surface area contributed by atoms with Crippen molar-refractivity contribution in [3.63, 3.8) is 0 Å². The molecule has 9 heteroatoms. The molecule has 0 saturated carbocycles. The largest absolute Gasteiger partial charge is 0.461 e. The highest BCUT2D eigenvalue weighted by Crippen LogP contribution is 2.35. The number of halogens is 3. The van der Waals surface area contributed by atoms with Crippen molar-refractivity contribution >= 4 is 17.5 Å². The highest BCUT2D eigenvalue weighted by molar-refractivity contribution is 6.34. The van der Waals surface area contributed by atoms with Crippen LogP contribution in [0.3, 0.4) is 0 Å². The lowest BCUT2D eigenvalue weighted by Gasteiger charge is -2.28. The third-order valence-electron chi connectivity index (χ3n) is 4.48. The van der Waals surface area contributed by atoms with Gasteiger partial charge in [0, 0.05) is 25.6 Å². The average molecular weight is 409 g/mol. The molecule has 1 aromatic carbocycles. The molecule has 0 fully saturated rings. The second kappa shape index (κ2) is 7.35. The Hall–Kier alpha value is -2.74.